The summed E-state index contributed by atoms with van der Waals surface area (Å²) in [5, 5.41) is 8.73. The number of benzene rings is 1. The van der Waals surface area contributed by atoms with Crippen LogP contribution in [0.3, 0.4) is 0 Å². The monoisotopic (exact) mass is 250 g/mol. The first-order valence-corrected chi connectivity index (χ1v) is 6.19. The van der Waals surface area contributed by atoms with E-state index in [0.29, 0.717) is 12.1 Å². The second kappa shape index (κ2) is 6.48. The molecule has 2 N–H and O–H groups in total. The number of nitriles is 1. The van der Waals surface area contributed by atoms with Gasteiger partial charge in [-0.2, -0.15) is 5.26 Å². The summed E-state index contributed by atoms with van der Waals surface area (Å²) in [6.45, 7) is 1.48. The van der Waals surface area contributed by atoms with Gasteiger partial charge in [-0.15, -0.1) is 0 Å². The molecule has 0 spiro atoms. The SMILES string of the molecule is N#Cc1ccc(/C=C/c2cc[n+](CCN)cc2)cc1. The normalized spacial score (nSPS) is 10.5. The number of aromatic nitrogens is 1. The molecule has 3 heteroatoms. The van der Waals surface area contributed by atoms with Gasteiger partial charge in [0, 0.05) is 12.1 Å². The summed E-state index contributed by atoms with van der Waals surface area (Å²) in [6, 6.07) is 13.7. The van der Waals surface area contributed by atoms with Gasteiger partial charge in [-0.1, -0.05) is 24.3 Å². The van der Waals surface area contributed by atoms with Crippen LogP contribution in [-0.4, -0.2) is 6.54 Å². The summed E-state index contributed by atoms with van der Waals surface area (Å²) in [5.41, 5.74) is 8.40. The number of nitrogens with two attached hydrogens (primary N) is 1. The largest absolute Gasteiger partial charge is 0.325 e. The quantitative estimate of drug-likeness (QED) is 0.843. The zero-order chi connectivity index (χ0) is 13.5. The van der Waals surface area contributed by atoms with Gasteiger partial charge in [-0.25, -0.2) is 4.57 Å². The van der Waals surface area contributed by atoms with E-state index in [0.717, 1.165) is 17.7 Å². The fraction of sp³-hybridized carbons (Fsp3) is 0.125. The van der Waals surface area contributed by atoms with E-state index in [4.69, 9.17) is 11.0 Å². The maximum Gasteiger partial charge on any atom is 0.169 e. The first-order valence-electron chi connectivity index (χ1n) is 6.19. The average molecular weight is 250 g/mol. The van der Waals surface area contributed by atoms with Crippen LogP contribution in [-0.2, 0) is 6.54 Å². The molecule has 0 aliphatic carbocycles. The molecule has 0 atom stereocenters. The van der Waals surface area contributed by atoms with Crippen molar-refractivity contribution in [2.45, 2.75) is 6.54 Å². The number of hydrogen-bond acceptors (Lipinski definition) is 2. The van der Waals surface area contributed by atoms with Crippen LogP contribution >= 0.6 is 0 Å². The second-order valence-corrected chi connectivity index (χ2v) is 4.23. The summed E-state index contributed by atoms with van der Waals surface area (Å²) >= 11 is 0. The molecule has 0 saturated carbocycles. The third-order valence-corrected chi connectivity index (χ3v) is 2.81. The summed E-state index contributed by atoms with van der Waals surface area (Å²) in [7, 11) is 0. The molecule has 0 unspecified atom stereocenters. The van der Waals surface area contributed by atoms with Crippen LogP contribution in [0.4, 0.5) is 0 Å². The molecule has 3 nitrogen and oxygen atoms in total. The zero-order valence-corrected chi connectivity index (χ0v) is 10.7. The van der Waals surface area contributed by atoms with Gasteiger partial charge in [0.1, 0.15) is 0 Å². The smallest absolute Gasteiger partial charge is 0.169 e. The summed E-state index contributed by atoms with van der Waals surface area (Å²) in [4.78, 5) is 0. The Hall–Kier alpha value is -2.44. The van der Waals surface area contributed by atoms with Crippen LogP contribution in [0.25, 0.3) is 12.2 Å². The fourth-order valence-corrected chi connectivity index (χ4v) is 1.74. The first-order chi connectivity index (χ1) is 9.31. The van der Waals surface area contributed by atoms with Gasteiger partial charge in [0.2, 0.25) is 0 Å². The Bertz CT molecular complexity index is 589. The number of hydrogen-bond donors (Lipinski definition) is 1. The fourth-order valence-electron chi connectivity index (χ4n) is 1.74. The molecule has 0 aliphatic heterocycles. The van der Waals surface area contributed by atoms with Gasteiger partial charge in [-0.3, -0.25) is 0 Å². The van der Waals surface area contributed by atoms with Gasteiger partial charge in [0.15, 0.2) is 18.9 Å². The lowest BCUT2D eigenvalue weighted by atomic mass is 10.1. The van der Waals surface area contributed by atoms with Gasteiger partial charge >= 0.3 is 0 Å². The molecule has 0 aliphatic rings. The van der Waals surface area contributed by atoms with Crippen molar-refractivity contribution < 1.29 is 4.57 Å². The van der Waals surface area contributed by atoms with Gasteiger partial charge in [0.25, 0.3) is 0 Å². The van der Waals surface area contributed by atoms with Crippen LogP contribution < -0.4 is 10.3 Å². The van der Waals surface area contributed by atoms with Crippen molar-refractivity contribution in [3.05, 3.63) is 65.5 Å². The predicted molar refractivity (Wildman–Crippen MR) is 75.8 cm³/mol. The van der Waals surface area contributed by atoms with Crippen LogP contribution in [0.15, 0.2) is 48.8 Å². The minimum Gasteiger partial charge on any atom is -0.325 e. The minimum atomic E-state index is 0.644. The van der Waals surface area contributed by atoms with Crippen LogP contribution in [0, 0.1) is 11.3 Å². The highest BCUT2D eigenvalue weighted by Gasteiger charge is 1.97. The molecule has 0 radical (unpaired) electrons. The predicted octanol–water partition coefficient (Wildman–Crippen LogP) is 1.97. The molecule has 0 amide bonds. The number of rotatable bonds is 4. The molecule has 1 heterocycles. The summed E-state index contributed by atoms with van der Waals surface area (Å²) in [5.74, 6) is 0. The number of nitrogens with zero attached hydrogens (tertiary/aromatic N) is 2. The Morgan fingerprint density at radius 3 is 2.11 bits per heavy atom. The Morgan fingerprint density at radius 1 is 1.00 bits per heavy atom. The molecule has 0 fully saturated rings. The van der Waals surface area contributed by atoms with Crippen LogP contribution in [0.2, 0.25) is 0 Å². The lowest BCUT2D eigenvalue weighted by Gasteiger charge is -1.96. The van der Waals surface area contributed by atoms with E-state index in [1.807, 2.05) is 48.8 Å². The summed E-state index contributed by atoms with van der Waals surface area (Å²) < 4.78 is 2.05. The molecule has 19 heavy (non-hydrogen) atoms. The minimum absolute atomic E-state index is 0.644. The molecular formula is C16H16N3+. The van der Waals surface area contributed by atoms with Crippen molar-refractivity contribution in [2.75, 3.05) is 6.54 Å². The van der Waals surface area contributed by atoms with Crippen molar-refractivity contribution in [3.63, 3.8) is 0 Å². The molecule has 2 rings (SSSR count). The Kier molecular flexibility index (Phi) is 4.44. The second-order valence-electron chi connectivity index (χ2n) is 4.23. The van der Waals surface area contributed by atoms with E-state index in [9.17, 15) is 0 Å². The van der Waals surface area contributed by atoms with Crippen LogP contribution in [0.5, 0.6) is 0 Å². The van der Waals surface area contributed by atoms with Gasteiger partial charge in [0.05, 0.1) is 18.2 Å². The van der Waals surface area contributed by atoms with Gasteiger partial charge in [-0.05, 0) is 23.3 Å². The van der Waals surface area contributed by atoms with Crippen molar-refractivity contribution >= 4 is 12.2 Å². The Morgan fingerprint density at radius 2 is 1.58 bits per heavy atom. The highest BCUT2D eigenvalue weighted by molar-refractivity contribution is 5.69. The molecule has 0 saturated heterocycles. The average Bonchev–Trinajstić information content (AvgIpc) is 2.47. The molecule has 1 aromatic heterocycles. The topological polar surface area (TPSA) is 53.7 Å². The third-order valence-electron chi connectivity index (χ3n) is 2.81. The standard InChI is InChI=1S/C16H16N3/c17-9-12-19-10-7-15(8-11-19)2-1-14-3-5-16(13-18)6-4-14/h1-8,10-11H,9,12,17H2/q+1/b2-1+. The van der Waals surface area contributed by atoms with E-state index in [-0.39, 0.29) is 0 Å². The third kappa shape index (κ3) is 3.77. The highest BCUT2D eigenvalue weighted by Crippen LogP contribution is 2.08. The van der Waals surface area contributed by atoms with E-state index in [1.165, 1.54) is 0 Å². The van der Waals surface area contributed by atoms with Crippen LogP contribution in [0.1, 0.15) is 16.7 Å². The van der Waals surface area contributed by atoms with E-state index >= 15 is 0 Å². The molecule has 2 aromatic rings. The lowest BCUT2D eigenvalue weighted by Crippen LogP contribution is -2.36. The first kappa shape index (κ1) is 13.0. The Balaban J connectivity index is 2.07. The van der Waals surface area contributed by atoms with Gasteiger partial charge < -0.3 is 5.73 Å². The van der Waals surface area contributed by atoms with E-state index < -0.39 is 0 Å². The lowest BCUT2D eigenvalue weighted by molar-refractivity contribution is -0.694. The summed E-state index contributed by atoms with van der Waals surface area (Å²) in [6.07, 6.45) is 8.12. The molecule has 94 valence electrons. The molecule has 1 aromatic carbocycles. The Labute approximate surface area is 113 Å². The van der Waals surface area contributed by atoms with E-state index in [2.05, 4.69) is 22.8 Å². The van der Waals surface area contributed by atoms with Crippen molar-refractivity contribution in [2.24, 2.45) is 5.73 Å². The van der Waals surface area contributed by atoms with Crippen molar-refractivity contribution in [1.29, 1.82) is 5.26 Å². The van der Waals surface area contributed by atoms with Crippen molar-refractivity contribution in [3.8, 4) is 6.07 Å². The zero-order valence-electron chi connectivity index (χ0n) is 10.7. The highest BCUT2D eigenvalue weighted by atomic mass is 14.9. The maximum atomic E-state index is 8.73. The maximum absolute atomic E-state index is 8.73. The van der Waals surface area contributed by atoms with Crippen molar-refractivity contribution in [1.82, 2.24) is 0 Å². The molecular weight excluding hydrogens is 234 g/mol. The van der Waals surface area contributed by atoms with E-state index in [1.54, 1.807) is 0 Å². The number of pyridine rings is 1. The molecule has 0 bridgehead atoms.